The van der Waals surface area contributed by atoms with E-state index in [4.69, 9.17) is 9.47 Å². The van der Waals surface area contributed by atoms with Crippen LogP contribution in [-0.4, -0.2) is 32.2 Å². The first kappa shape index (κ1) is 12.8. The Hall–Kier alpha value is -1.22. The van der Waals surface area contributed by atoms with Gasteiger partial charge in [-0.3, -0.25) is 4.90 Å². The molecule has 1 fully saturated rings. The average Bonchev–Trinajstić information content (AvgIpc) is 3.23. The van der Waals surface area contributed by atoms with Crippen LogP contribution in [0.25, 0.3) is 0 Å². The van der Waals surface area contributed by atoms with Gasteiger partial charge in [0, 0.05) is 12.1 Å². The fourth-order valence-corrected chi connectivity index (χ4v) is 3.34. The lowest BCUT2D eigenvalue weighted by Gasteiger charge is -2.40. The highest BCUT2D eigenvalue weighted by Crippen LogP contribution is 2.49. The summed E-state index contributed by atoms with van der Waals surface area (Å²) in [5, 5.41) is 0. The smallest absolute Gasteiger partial charge is 0.161 e. The van der Waals surface area contributed by atoms with Gasteiger partial charge >= 0.3 is 0 Å². The lowest BCUT2D eigenvalue weighted by atomic mass is 9.86. The average molecular weight is 261 g/mol. The maximum atomic E-state index is 5.47. The molecular formula is C16H23NO2. The third-order valence-corrected chi connectivity index (χ3v) is 4.68. The Morgan fingerprint density at radius 3 is 2.32 bits per heavy atom. The number of benzene rings is 1. The van der Waals surface area contributed by atoms with Crippen LogP contribution < -0.4 is 9.47 Å². The van der Waals surface area contributed by atoms with Crippen molar-refractivity contribution in [3.8, 4) is 11.5 Å². The predicted molar refractivity (Wildman–Crippen MR) is 75.9 cm³/mol. The van der Waals surface area contributed by atoms with E-state index in [-0.39, 0.29) is 0 Å². The van der Waals surface area contributed by atoms with Crippen molar-refractivity contribution in [3.05, 3.63) is 23.3 Å². The van der Waals surface area contributed by atoms with Gasteiger partial charge in [-0.2, -0.15) is 0 Å². The molecule has 3 nitrogen and oxygen atoms in total. The molecule has 3 rings (SSSR count). The molecule has 0 saturated heterocycles. The zero-order chi connectivity index (χ0) is 13.6. The summed E-state index contributed by atoms with van der Waals surface area (Å²) in [5.41, 5.74) is 2.88. The molecule has 0 amide bonds. The number of fused-ring (bicyclic) bond motifs is 1. The highest BCUT2D eigenvalue weighted by atomic mass is 16.5. The molecule has 104 valence electrons. The van der Waals surface area contributed by atoms with Crippen LogP contribution in [0.4, 0.5) is 0 Å². The van der Waals surface area contributed by atoms with E-state index in [9.17, 15) is 0 Å². The van der Waals surface area contributed by atoms with Crippen LogP contribution in [0.2, 0.25) is 0 Å². The fourth-order valence-electron chi connectivity index (χ4n) is 3.34. The molecule has 1 aliphatic carbocycles. The number of rotatable bonds is 3. The van der Waals surface area contributed by atoms with E-state index >= 15 is 0 Å². The molecular weight excluding hydrogens is 238 g/mol. The van der Waals surface area contributed by atoms with Gasteiger partial charge in [0.05, 0.1) is 14.2 Å². The largest absolute Gasteiger partial charge is 0.493 e. The summed E-state index contributed by atoms with van der Waals surface area (Å²) in [7, 11) is 5.68. The van der Waals surface area contributed by atoms with E-state index < -0.39 is 0 Å². The van der Waals surface area contributed by atoms with E-state index in [0.717, 1.165) is 23.8 Å². The van der Waals surface area contributed by atoms with Crippen molar-refractivity contribution >= 4 is 0 Å². The number of methoxy groups -OCH3 is 2. The molecule has 1 saturated carbocycles. The third kappa shape index (κ3) is 2.10. The van der Waals surface area contributed by atoms with Crippen LogP contribution in [-0.2, 0) is 6.42 Å². The Bertz CT molecular complexity index is 482. The summed E-state index contributed by atoms with van der Waals surface area (Å²) in [6.45, 7) is 2.31. The highest BCUT2D eigenvalue weighted by molar-refractivity contribution is 5.50. The molecule has 2 unspecified atom stereocenters. The minimum atomic E-state index is 0.554. The van der Waals surface area contributed by atoms with Crippen LogP contribution in [0, 0.1) is 5.92 Å². The molecule has 19 heavy (non-hydrogen) atoms. The quantitative estimate of drug-likeness (QED) is 0.835. The van der Waals surface area contributed by atoms with Gasteiger partial charge < -0.3 is 9.47 Å². The number of likely N-dealkylation sites (N-methyl/N-ethyl adjacent to an activating group) is 1. The molecule has 0 N–H and O–H groups in total. The number of ether oxygens (including phenoxy) is 2. The zero-order valence-corrected chi connectivity index (χ0v) is 12.3. The van der Waals surface area contributed by atoms with E-state index in [1.54, 1.807) is 14.2 Å². The van der Waals surface area contributed by atoms with Crippen molar-refractivity contribution in [1.29, 1.82) is 0 Å². The second kappa shape index (κ2) is 4.71. The maximum Gasteiger partial charge on any atom is 0.161 e. The summed E-state index contributed by atoms with van der Waals surface area (Å²) < 4.78 is 10.9. The first-order chi connectivity index (χ1) is 9.15. The van der Waals surface area contributed by atoms with Gasteiger partial charge in [-0.1, -0.05) is 0 Å². The van der Waals surface area contributed by atoms with Crippen LogP contribution in [0.1, 0.15) is 36.9 Å². The summed E-state index contributed by atoms with van der Waals surface area (Å²) in [6.07, 6.45) is 3.81. The van der Waals surface area contributed by atoms with Gasteiger partial charge in [0.25, 0.3) is 0 Å². The second-order valence-corrected chi connectivity index (χ2v) is 5.91. The van der Waals surface area contributed by atoms with Gasteiger partial charge in [0.2, 0.25) is 0 Å². The van der Waals surface area contributed by atoms with E-state index in [1.165, 1.54) is 24.0 Å². The first-order valence-electron chi connectivity index (χ1n) is 7.12. The van der Waals surface area contributed by atoms with E-state index in [1.807, 2.05) is 0 Å². The summed E-state index contributed by atoms with van der Waals surface area (Å²) in [5.74, 6) is 2.53. The SMILES string of the molecule is COc1cc2c(cc1OC)C(C1CC1)N(C)C(C)C2. The van der Waals surface area contributed by atoms with Crippen molar-refractivity contribution in [2.24, 2.45) is 5.92 Å². The van der Waals surface area contributed by atoms with Crippen molar-refractivity contribution in [3.63, 3.8) is 0 Å². The minimum absolute atomic E-state index is 0.554. The molecule has 1 aromatic carbocycles. The summed E-state index contributed by atoms with van der Waals surface area (Å²) in [4.78, 5) is 2.53. The molecule has 0 aromatic heterocycles. The van der Waals surface area contributed by atoms with Gasteiger partial charge in [0.15, 0.2) is 11.5 Å². The summed E-state index contributed by atoms with van der Waals surface area (Å²) >= 11 is 0. The lowest BCUT2D eigenvalue weighted by Crippen LogP contribution is -2.40. The van der Waals surface area contributed by atoms with E-state index in [2.05, 4.69) is 31.0 Å². The van der Waals surface area contributed by atoms with Crippen molar-refractivity contribution in [2.75, 3.05) is 21.3 Å². The zero-order valence-electron chi connectivity index (χ0n) is 12.3. The van der Waals surface area contributed by atoms with Crippen LogP contribution in [0.3, 0.4) is 0 Å². The Morgan fingerprint density at radius 1 is 1.11 bits per heavy atom. The van der Waals surface area contributed by atoms with E-state index in [0.29, 0.717) is 12.1 Å². The standard InChI is InChI=1S/C16H23NO2/c1-10-7-12-8-14(18-3)15(19-4)9-13(12)16(17(10)2)11-5-6-11/h8-11,16H,5-7H2,1-4H3. The number of hydrogen-bond donors (Lipinski definition) is 0. The third-order valence-electron chi connectivity index (χ3n) is 4.68. The molecule has 0 spiro atoms. The first-order valence-corrected chi connectivity index (χ1v) is 7.12. The Morgan fingerprint density at radius 2 is 1.74 bits per heavy atom. The Kier molecular flexibility index (Phi) is 3.17. The van der Waals surface area contributed by atoms with Crippen molar-refractivity contribution in [1.82, 2.24) is 4.90 Å². The number of hydrogen-bond acceptors (Lipinski definition) is 3. The van der Waals surface area contributed by atoms with Crippen molar-refractivity contribution in [2.45, 2.75) is 38.3 Å². The number of nitrogens with zero attached hydrogens (tertiary/aromatic N) is 1. The highest BCUT2D eigenvalue weighted by Gasteiger charge is 2.40. The normalized spacial score (nSPS) is 26.9. The van der Waals surface area contributed by atoms with Crippen molar-refractivity contribution < 1.29 is 9.47 Å². The molecule has 0 bridgehead atoms. The molecule has 1 aliphatic heterocycles. The monoisotopic (exact) mass is 261 g/mol. The van der Waals surface area contributed by atoms with Crippen LogP contribution >= 0.6 is 0 Å². The van der Waals surface area contributed by atoms with Crippen LogP contribution in [0.5, 0.6) is 11.5 Å². The molecule has 3 heteroatoms. The molecule has 1 heterocycles. The topological polar surface area (TPSA) is 21.7 Å². The minimum Gasteiger partial charge on any atom is -0.493 e. The van der Waals surface area contributed by atoms with Crippen LogP contribution in [0.15, 0.2) is 12.1 Å². The summed E-state index contributed by atoms with van der Waals surface area (Å²) in [6, 6.07) is 5.52. The molecule has 2 aliphatic rings. The van der Waals surface area contributed by atoms with Gasteiger partial charge in [0.1, 0.15) is 0 Å². The van der Waals surface area contributed by atoms with Gasteiger partial charge in [-0.15, -0.1) is 0 Å². The van der Waals surface area contributed by atoms with Gasteiger partial charge in [-0.05, 0) is 62.4 Å². The van der Waals surface area contributed by atoms with Gasteiger partial charge in [-0.25, -0.2) is 0 Å². The second-order valence-electron chi connectivity index (χ2n) is 5.91. The lowest BCUT2D eigenvalue weighted by molar-refractivity contribution is 0.148. The Balaban J connectivity index is 2.08. The molecule has 0 radical (unpaired) electrons. The maximum absolute atomic E-state index is 5.47. The molecule has 1 aromatic rings. The Labute approximate surface area is 115 Å². The fraction of sp³-hybridized carbons (Fsp3) is 0.625. The predicted octanol–water partition coefficient (Wildman–Crippen LogP) is 3.03. The molecule has 2 atom stereocenters.